The minimum atomic E-state index is -0.766. The molecule has 0 aliphatic carbocycles. The molecule has 0 atom stereocenters. The van der Waals surface area contributed by atoms with E-state index in [2.05, 4.69) is 10.3 Å². The van der Waals surface area contributed by atoms with E-state index < -0.39 is 5.60 Å². The van der Waals surface area contributed by atoms with Gasteiger partial charge < -0.3 is 5.11 Å². The van der Waals surface area contributed by atoms with Crippen LogP contribution < -0.4 is 0 Å². The lowest BCUT2D eigenvalue weighted by atomic mass is 9.94. The second-order valence-corrected chi connectivity index (χ2v) is 2.98. The van der Waals surface area contributed by atoms with Crippen molar-refractivity contribution in [3.8, 4) is 0 Å². The Kier molecular flexibility index (Phi) is 2.47. The monoisotopic (exact) mass is 169 g/mol. The molecule has 0 spiro atoms. The molecule has 0 aliphatic rings. The molecule has 68 valence electrons. The van der Waals surface area contributed by atoms with Gasteiger partial charge in [0, 0.05) is 7.05 Å². The SMILES string of the molecule is CCC(O)(CC)c1cnnn1C. The number of aryl methyl sites for hydroxylation is 1. The van der Waals surface area contributed by atoms with Crippen LogP contribution in [0.15, 0.2) is 6.20 Å². The highest BCUT2D eigenvalue weighted by molar-refractivity contribution is 5.06. The molecule has 0 fully saturated rings. The molecule has 0 aromatic carbocycles. The van der Waals surface area contributed by atoms with Crippen molar-refractivity contribution >= 4 is 0 Å². The van der Waals surface area contributed by atoms with Gasteiger partial charge >= 0.3 is 0 Å². The van der Waals surface area contributed by atoms with Crippen LogP contribution in [0.5, 0.6) is 0 Å². The Hall–Kier alpha value is -0.900. The number of aliphatic hydroxyl groups is 1. The topological polar surface area (TPSA) is 50.9 Å². The fraction of sp³-hybridized carbons (Fsp3) is 0.750. The zero-order valence-corrected chi connectivity index (χ0v) is 7.78. The Bertz CT molecular complexity index is 253. The minimum Gasteiger partial charge on any atom is -0.384 e. The summed E-state index contributed by atoms with van der Waals surface area (Å²) in [5.74, 6) is 0. The van der Waals surface area contributed by atoms with Crippen LogP contribution in [0.25, 0.3) is 0 Å². The first-order valence-electron chi connectivity index (χ1n) is 4.21. The summed E-state index contributed by atoms with van der Waals surface area (Å²) in [6.45, 7) is 3.91. The molecule has 0 radical (unpaired) electrons. The smallest absolute Gasteiger partial charge is 0.107 e. The van der Waals surface area contributed by atoms with Gasteiger partial charge in [0.1, 0.15) is 5.60 Å². The summed E-state index contributed by atoms with van der Waals surface area (Å²) in [6.07, 6.45) is 2.99. The van der Waals surface area contributed by atoms with Gasteiger partial charge in [-0.3, -0.25) is 0 Å². The van der Waals surface area contributed by atoms with Crippen molar-refractivity contribution in [3.05, 3.63) is 11.9 Å². The first-order valence-corrected chi connectivity index (χ1v) is 4.21. The Morgan fingerprint density at radius 3 is 2.42 bits per heavy atom. The molecule has 1 aromatic rings. The van der Waals surface area contributed by atoms with Gasteiger partial charge in [-0.15, -0.1) is 5.10 Å². The van der Waals surface area contributed by atoms with Crippen LogP contribution in [0, 0.1) is 0 Å². The normalized spacial score (nSPS) is 12.0. The van der Waals surface area contributed by atoms with Gasteiger partial charge in [0.05, 0.1) is 11.9 Å². The van der Waals surface area contributed by atoms with E-state index in [1.54, 1.807) is 17.9 Å². The lowest BCUT2D eigenvalue weighted by molar-refractivity contribution is 0.0203. The van der Waals surface area contributed by atoms with Crippen LogP contribution >= 0.6 is 0 Å². The van der Waals surface area contributed by atoms with Crippen LogP contribution in [0.2, 0.25) is 0 Å². The highest BCUT2D eigenvalue weighted by Crippen LogP contribution is 2.26. The van der Waals surface area contributed by atoms with Crippen molar-refractivity contribution in [2.45, 2.75) is 32.3 Å². The summed E-state index contributed by atoms with van der Waals surface area (Å²) < 4.78 is 1.62. The zero-order chi connectivity index (χ0) is 9.19. The summed E-state index contributed by atoms with van der Waals surface area (Å²) in [7, 11) is 1.79. The minimum absolute atomic E-state index is 0.685. The molecule has 1 heterocycles. The van der Waals surface area contributed by atoms with Gasteiger partial charge in [-0.2, -0.15) is 0 Å². The molecule has 0 saturated carbocycles. The van der Waals surface area contributed by atoms with Crippen LogP contribution in [0.1, 0.15) is 32.4 Å². The van der Waals surface area contributed by atoms with Crippen LogP contribution in [-0.4, -0.2) is 20.1 Å². The summed E-state index contributed by atoms with van der Waals surface area (Å²) >= 11 is 0. The molecule has 4 heteroatoms. The van der Waals surface area contributed by atoms with E-state index in [1.165, 1.54) is 0 Å². The second-order valence-electron chi connectivity index (χ2n) is 2.98. The van der Waals surface area contributed by atoms with Crippen LogP contribution in [0.3, 0.4) is 0 Å². The number of rotatable bonds is 3. The molecular weight excluding hydrogens is 154 g/mol. The van der Waals surface area contributed by atoms with Crippen molar-refractivity contribution in [2.24, 2.45) is 7.05 Å². The predicted molar refractivity (Wildman–Crippen MR) is 45.5 cm³/mol. The number of hydrogen-bond acceptors (Lipinski definition) is 3. The van der Waals surface area contributed by atoms with E-state index in [0.29, 0.717) is 12.8 Å². The highest BCUT2D eigenvalue weighted by atomic mass is 16.3. The maximum Gasteiger partial charge on any atom is 0.107 e. The van der Waals surface area contributed by atoms with E-state index in [9.17, 15) is 5.11 Å². The molecule has 12 heavy (non-hydrogen) atoms. The fourth-order valence-electron chi connectivity index (χ4n) is 1.32. The molecule has 1 rings (SSSR count). The fourth-order valence-corrected chi connectivity index (χ4v) is 1.32. The standard InChI is InChI=1S/C8H15N3O/c1-4-8(12,5-2)7-6-9-10-11(7)3/h6,12H,4-5H2,1-3H3. The average molecular weight is 169 g/mol. The number of aromatic nitrogens is 3. The average Bonchev–Trinajstić information content (AvgIpc) is 2.51. The third-order valence-electron chi connectivity index (χ3n) is 2.36. The molecule has 4 nitrogen and oxygen atoms in total. The number of hydrogen-bond donors (Lipinski definition) is 1. The number of nitrogens with zero attached hydrogens (tertiary/aromatic N) is 3. The molecule has 0 bridgehead atoms. The summed E-state index contributed by atoms with van der Waals surface area (Å²) in [4.78, 5) is 0. The third kappa shape index (κ3) is 1.34. The van der Waals surface area contributed by atoms with Gasteiger partial charge in [-0.25, -0.2) is 4.68 Å². The first-order chi connectivity index (χ1) is 5.64. The largest absolute Gasteiger partial charge is 0.384 e. The van der Waals surface area contributed by atoms with Gasteiger partial charge in [0.15, 0.2) is 0 Å². The van der Waals surface area contributed by atoms with Crippen molar-refractivity contribution in [1.29, 1.82) is 0 Å². The van der Waals surface area contributed by atoms with Gasteiger partial charge in [0.2, 0.25) is 0 Å². The highest BCUT2D eigenvalue weighted by Gasteiger charge is 2.28. The third-order valence-corrected chi connectivity index (χ3v) is 2.36. The summed E-state index contributed by atoms with van der Waals surface area (Å²) in [5, 5.41) is 17.6. The maximum atomic E-state index is 10.1. The second kappa shape index (κ2) is 3.23. The first kappa shape index (κ1) is 9.19. The lowest BCUT2D eigenvalue weighted by Gasteiger charge is -2.24. The van der Waals surface area contributed by atoms with Crippen molar-refractivity contribution in [2.75, 3.05) is 0 Å². The lowest BCUT2D eigenvalue weighted by Crippen LogP contribution is -2.26. The van der Waals surface area contributed by atoms with Crippen molar-refractivity contribution < 1.29 is 5.11 Å². The van der Waals surface area contributed by atoms with Gasteiger partial charge in [-0.05, 0) is 12.8 Å². The van der Waals surface area contributed by atoms with Crippen molar-refractivity contribution in [1.82, 2.24) is 15.0 Å². The Labute approximate surface area is 72.2 Å². The molecule has 0 unspecified atom stereocenters. The Morgan fingerprint density at radius 2 is 2.08 bits per heavy atom. The molecule has 1 N–H and O–H groups in total. The Balaban J connectivity index is 3.02. The van der Waals surface area contributed by atoms with Crippen LogP contribution in [-0.2, 0) is 12.6 Å². The van der Waals surface area contributed by atoms with E-state index in [4.69, 9.17) is 0 Å². The van der Waals surface area contributed by atoms with Gasteiger partial charge in [0.25, 0.3) is 0 Å². The summed E-state index contributed by atoms with van der Waals surface area (Å²) in [5.41, 5.74) is 0.0191. The summed E-state index contributed by atoms with van der Waals surface area (Å²) in [6, 6.07) is 0. The zero-order valence-electron chi connectivity index (χ0n) is 7.78. The van der Waals surface area contributed by atoms with Crippen LogP contribution in [0.4, 0.5) is 0 Å². The predicted octanol–water partition coefficient (Wildman–Crippen LogP) is 0.823. The molecule has 1 aromatic heterocycles. The molecule has 0 saturated heterocycles. The molecule has 0 amide bonds. The Morgan fingerprint density at radius 1 is 1.50 bits per heavy atom. The molecular formula is C8H15N3O. The van der Waals surface area contributed by atoms with Gasteiger partial charge in [-0.1, -0.05) is 19.1 Å². The maximum absolute atomic E-state index is 10.1. The molecule has 0 aliphatic heterocycles. The van der Waals surface area contributed by atoms with E-state index in [1.807, 2.05) is 13.8 Å². The van der Waals surface area contributed by atoms with Crippen molar-refractivity contribution in [3.63, 3.8) is 0 Å². The van der Waals surface area contributed by atoms with E-state index in [0.717, 1.165) is 5.69 Å². The quantitative estimate of drug-likeness (QED) is 0.729. The van der Waals surface area contributed by atoms with E-state index >= 15 is 0 Å². The van der Waals surface area contributed by atoms with E-state index in [-0.39, 0.29) is 0 Å².